The van der Waals surface area contributed by atoms with Crippen LogP contribution in [0.1, 0.15) is 16.1 Å². The molecule has 7 nitrogen and oxygen atoms in total. The molecule has 0 radical (unpaired) electrons. The lowest BCUT2D eigenvalue weighted by Crippen LogP contribution is -2.26. The number of hydrogen-bond acceptors (Lipinski definition) is 5. The van der Waals surface area contributed by atoms with E-state index in [1.54, 1.807) is 10.9 Å². The fourth-order valence-corrected chi connectivity index (χ4v) is 1.50. The molecule has 0 bridgehead atoms. The highest BCUT2D eigenvalue weighted by Gasteiger charge is 2.07. The number of aromatic nitrogens is 4. The summed E-state index contributed by atoms with van der Waals surface area (Å²) in [6.45, 7) is 0.515. The molecule has 1 amide bonds. The van der Waals surface area contributed by atoms with Gasteiger partial charge >= 0.3 is 0 Å². The number of anilines is 1. The van der Waals surface area contributed by atoms with Crippen molar-refractivity contribution in [3.63, 3.8) is 0 Å². The van der Waals surface area contributed by atoms with E-state index in [9.17, 15) is 4.79 Å². The molecule has 2 aromatic rings. The minimum absolute atomic E-state index is 0.223. The molecule has 7 heteroatoms. The maximum atomic E-state index is 11.7. The van der Waals surface area contributed by atoms with Gasteiger partial charge in [0.15, 0.2) is 0 Å². The van der Waals surface area contributed by atoms with Gasteiger partial charge in [-0.3, -0.25) is 14.5 Å². The number of aryl methyl sites for hydroxylation is 1. The average Bonchev–Trinajstić information content (AvgIpc) is 2.75. The second-order valence-corrected chi connectivity index (χ2v) is 3.86. The molecule has 2 heterocycles. The molecule has 0 spiro atoms. The van der Waals surface area contributed by atoms with Crippen LogP contribution in [0.15, 0.2) is 24.8 Å². The summed E-state index contributed by atoms with van der Waals surface area (Å²) in [4.78, 5) is 19.4. The van der Waals surface area contributed by atoms with Crippen LogP contribution in [0.4, 0.5) is 5.82 Å². The number of rotatable bonds is 4. The molecule has 2 rings (SSSR count). The van der Waals surface area contributed by atoms with E-state index in [1.807, 2.05) is 13.2 Å². The van der Waals surface area contributed by atoms with Crippen LogP contribution in [-0.4, -0.2) is 32.2 Å². The van der Waals surface area contributed by atoms with Crippen LogP contribution in [0.25, 0.3) is 0 Å². The number of amides is 1. The van der Waals surface area contributed by atoms with Gasteiger partial charge < -0.3 is 11.1 Å². The van der Waals surface area contributed by atoms with E-state index in [2.05, 4.69) is 20.4 Å². The Balaban J connectivity index is 1.85. The average molecular weight is 246 g/mol. The lowest BCUT2D eigenvalue weighted by Gasteiger charge is -2.03. The van der Waals surface area contributed by atoms with Crippen molar-refractivity contribution < 1.29 is 4.79 Å². The lowest BCUT2D eigenvalue weighted by atomic mass is 10.2. The molecule has 0 aromatic carbocycles. The summed E-state index contributed by atoms with van der Waals surface area (Å²) < 4.78 is 1.72. The Morgan fingerprint density at radius 2 is 2.28 bits per heavy atom. The highest BCUT2D eigenvalue weighted by atomic mass is 16.1. The Morgan fingerprint density at radius 1 is 1.44 bits per heavy atom. The Kier molecular flexibility index (Phi) is 3.52. The fourth-order valence-electron chi connectivity index (χ4n) is 1.50. The molecule has 2 aromatic heterocycles. The molecule has 0 saturated carbocycles. The molecule has 0 saturated heterocycles. The molecule has 0 atom stereocenters. The van der Waals surface area contributed by atoms with Crippen molar-refractivity contribution in [1.29, 1.82) is 0 Å². The normalized spacial score (nSPS) is 10.3. The van der Waals surface area contributed by atoms with Gasteiger partial charge in [0.2, 0.25) is 0 Å². The van der Waals surface area contributed by atoms with Crippen molar-refractivity contribution in [2.75, 3.05) is 12.3 Å². The largest absolute Gasteiger partial charge is 0.382 e. The summed E-state index contributed by atoms with van der Waals surface area (Å²) in [7, 11) is 1.85. The standard InChI is InChI=1S/C11H14N6O/c1-17-7-8(4-15-17)2-3-14-11(18)9-5-13-6-10(12)16-9/h4-7H,2-3H2,1H3,(H2,12,16)(H,14,18). The minimum atomic E-state index is -0.279. The van der Waals surface area contributed by atoms with Crippen LogP contribution in [0.3, 0.4) is 0 Å². The summed E-state index contributed by atoms with van der Waals surface area (Å²) in [5.74, 6) is -0.0476. The zero-order valence-corrected chi connectivity index (χ0v) is 10.00. The predicted octanol–water partition coefficient (Wildman–Crippen LogP) is -0.235. The van der Waals surface area contributed by atoms with E-state index in [0.29, 0.717) is 6.54 Å². The van der Waals surface area contributed by atoms with Crippen LogP contribution in [0.5, 0.6) is 0 Å². The molecule has 18 heavy (non-hydrogen) atoms. The first-order chi connectivity index (χ1) is 8.65. The van der Waals surface area contributed by atoms with Crippen LogP contribution in [0, 0.1) is 0 Å². The van der Waals surface area contributed by atoms with Crippen molar-refractivity contribution in [3.8, 4) is 0 Å². The monoisotopic (exact) mass is 246 g/mol. The Labute approximate surface area is 104 Å². The van der Waals surface area contributed by atoms with Crippen LogP contribution >= 0.6 is 0 Å². The second-order valence-electron chi connectivity index (χ2n) is 3.86. The van der Waals surface area contributed by atoms with E-state index < -0.39 is 0 Å². The summed E-state index contributed by atoms with van der Waals surface area (Å²) in [6, 6.07) is 0. The predicted molar refractivity (Wildman–Crippen MR) is 65.7 cm³/mol. The topological polar surface area (TPSA) is 98.7 Å². The van der Waals surface area contributed by atoms with Gasteiger partial charge in [-0.15, -0.1) is 0 Å². The smallest absolute Gasteiger partial charge is 0.271 e. The minimum Gasteiger partial charge on any atom is -0.382 e. The molecular weight excluding hydrogens is 232 g/mol. The van der Waals surface area contributed by atoms with Crippen LogP contribution in [-0.2, 0) is 13.5 Å². The van der Waals surface area contributed by atoms with Gasteiger partial charge in [0, 0.05) is 19.8 Å². The van der Waals surface area contributed by atoms with E-state index in [4.69, 9.17) is 5.73 Å². The Hall–Kier alpha value is -2.44. The Bertz CT molecular complexity index is 550. The van der Waals surface area contributed by atoms with E-state index in [-0.39, 0.29) is 17.4 Å². The van der Waals surface area contributed by atoms with Gasteiger partial charge in [-0.05, 0) is 12.0 Å². The van der Waals surface area contributed by atoms with Gasteiger partial charge in [-0.2, -0.15) is 5.10 Å². The van der Waals surface area contributed by atoms with Crippen molar-refractivity contribution in [1.82, 2.24) is 25.1 Å². The molecule has 0 aliphatic rings. The van der Waals surface area contributed by atoms with E-state index >= 15 is 0 Å². The molecule has 0 aliphatic carbocycles. The first kappa shape index (κ1) is 12.0. The number of nitrogens with two attached hydrogens (primary N) is 1. The SMILES string of the molecule is Cn1cc(CCNC(=O)c2cncc(N)n2)cn1. The molecular formula is C11H14N6O. The Morgan fingerprint density at radius 3 is 2.94 bits per heavy atom. The number of nitrogens with one attached hydrogen (secondary N) is 1. The maximum Gasteiger partial charge on any atom is 0.271 e. The zero-order valence-electron chi connectivity index (χ0n) is 10.00. The third-order valence-corrected chi connectivity index (χ3v) is 2.34. The number of nitrogens with zero attached hydrogens (tertiary/aromatic N) is 4. The van der Waals surface area contributed by atoms with Crippen LogP contribution in [0.2, 0.25) is 0 Å². The number of hydrogen-bond donors (Lipinski definition) is 2. The van der Waals surface area contributed by atoms with Crippen molar-refractivity contribution in [2.24, 2.45) is 7.05 Å². The maximum absolute atomic E-state index is 11.7. The first-order valence-electron chi connectivity index (χ1n) is 5.48. The number of carbonyl (C=O) groups excluding carboxylic acids is 1. The van der Waals surface area contributed by atoms with Gasteiger partial charge in [0.05, 0.1) is 18.6 Å². The van der Waals surface area contributed by atoms with Crippen molar-refractivity contribution in [2.45, 2.75) is 6.42 Å². The lowest BCUT2D eigenvalue weighted by molar-refractivity contribution is 0.0949. The van der Waals surface area contributed by atoms with E-state index in [0.717, 1.165) is 12.0 Å². The third kappa shape index (κ3) is 3.03. The number of carbonyl (C=O) groups is 1. The molecule has 94 valence electrons. The fraction of sp³-hybridized carbons (Fsp3) is 0.273. The quantitative estimate of drug-likeness (QED) is 0.776. The highest BCUT2D eigenvalue weighted by Crippen LogP contribution is 1.98. The highest BCUT2D eigenvalue weighted by molar-refractivity contribution is 5.92. The van der Waals surface area contributed by atoms with Gasteiger partial charge in [0.25, 0.3) is 5.91 Å². The van der Waals surface area contributed by atoms with Gasteiger partial charge in [-0.25, -0.2) is 4.98 Å². The van der Waals surface area contributed by atoms with Crippen molar-refractivity contribution in [3.05, 3.63) is 36.0 Å². The third-order valence-electron chi connectivity index (χ3n) is 2.34. The van der Waals surface area contributed by atoms with Gasteiger partial charge in [-0.1, -0.05) is 0 Å². The summed E-state index contributed by atoms with van der Waals surface area (Å²) in [5, 5.41) is 6.80. The van der Waals surface area contributed by atoms with Crippen LogP contribution < -0.4 is 11.1 Å². The molecule has 0 fully saturated rings. The van der Waals surface area contributed by atoms with Gasteiger partial charge in [0.1, 0.15) is 11.5 Å². The molecule has 0 unspecified atom stereocenters. The number of nitrogen functional groups attached to an aromatic ring is 1. The summed E-state index contributed by atoms with van der Waals surface area (Å²) in [6.07, 6.45) is 7.18. The van der Waals surface area contributed by atoms with E-state index in [1.165, 1.54) is 12.4 Å². The zero-order chi connectivity index (χ0) is 13.0. The summed E-state index contributed by atoms with van der Waals surface area (Å²) in [5.41, 5.74) is 6.74. The molecule has 0 aliphatic heterocycles. The summed E-state index contributed by atoms with van der Waals surface area (Å²) >= 11 is 0. The van der Waals surface area contributed by atoms with Crippen molar-refractivity contribution >= 4 is 11.7 Å². The second kappa shape index (κ2) is 5.26. The first-order valence-corrected chi connectivity index (χ1v) is 5.48. The molecule has 3 N–H and O–H groups in total.